The van der Waals surface area contributed by atoms with Crippen molar-refractivity contribution in [2.75, 3.05) is 36.9 Å². The van der Waals surface area contributed by atoms with Crippen molar-refractivity contribution in [2.45, 2.75) is 0 Å². The van der Waals surface area contributed by atoms with E-state index in [4.69, 9.17) is 21.7 Å². The smallest absolute Gasteiger partial charge is 0.250 e. The fourth-order valence-electron chi connectivity index (χ4n) is 1.69. The quantitative estimate of drug-likeness (QED) is 0.483. The topological polar surface area (TPSA) is 113 Å². The first-order chi connectivity index (χ1) is 8.11. The lowest BCUT2D eigenvalue weighted by Gasteiger charge is -2.26. The summed E-state index contributed by atoms with van der Waals surface area (Å²) in [6, 6.07) is 4.84. The Bertz CT molecular complexity index is 390. The number of primary amides is 1. The van der Waals surface area contributed by atoms with Gasteiger partial charge in [0, 0.05) is 13.1 Å². The summed E-state index contributed by atoms with van der Waals surface area (Å²) in [5.41, 5.74) is 12.2. The van der Waals surface area contributed by atoms with Crippen molar-refractivity contribution < 1.29 is 15.0 Å². The number of nitrogens with zero attached hydrogens (tertiary/aromatic N) is 1. The highest BCUT2D eigenvalue weighted by Gasteiger charge is 2.16. The monoisotopic (exact) mass is 239 g/mol. The molecule has 0 aliphatic heterocycles. The van der Waals surface area contributed by atoms with Crippen LogP contribution in [0.2, 0.25) is 0 Å². The molecule has 94 valence electrons. The van der Waals surface area contributed by atoms with Gasteiger partial charge in [-0.15, -0.1) is 0 Å². The lowest BCUT2D eigenvalue weighted by atomic mass is 10.1. The van der Waals surface area contributed by atoms with Crippen LogP contribution in [0.3, 0.4) is 0 Å². The van der Waals surface area contributed by atoms with Crippen molar-refractivity contribution in [3.63, 3.8) is 0 Å². The van der Waals surface area contributed by atoms with Crippen LogP contribution < -0.4 is 16.4 Å². The van der Waals surface area contributed by atoms with Crippen molar-refractivity contribution in [3.05, 3.63) is 23.8 Å². The molecule has 17 heavy (non-hydrogen) atoms. The number of carbonyl (C=O) groups excluding carboxylic acids is 1. The van der Waals surface area contributed by atoms with Crippen molar-refractivity contribution >= 4 is 17.3 Å². The lowest BCUT2D eigenvalue weighted by molar-refractivity contribution is 0.100. The first-order valence-electron chi connectivity index (χ1n) is 5.26. The van der Waals surface area contributed by atoms with Gasteiger partial charge in [-0.1, -0.05) is 6.07 Å². The number of hydrogen-bond donors (Lipinski definition) is 4. The molecule has 0 aliphatic carbocycles. The first kappa shape index (κ1) is 13.3. The van der Waals surface area contributed by atoms with E-state index in [1.807, 2.05) is 0 Å². The minimum Gasteiger partial charge on any atom is -0.397 e. The molecule has 1 aromatic carbocycles. The van der Waals surface area contributed by atoms with E-state index >= 15 is 0 Å². The molecule has 6 heteroatoms. The molecule has 1 amide bonds. The number of nitrogens with two attached hydrogens (primary N) is 2. The molecule has 0 aromatic heterocycles. The summed E-state index contributed by atoms with van der Waals surface area (Å²) in [6.45, 7) is 0.336. The Kier molecular flexibility index (Phi) is 4.74. The van der Waals surface area contributed by atoms with Gasteiger partial charge in [-0.05, 0) is 12.1 Å². The SMILES string of the molecule is NC(=O)c1cccc(N)c1N(CCO)CCO. The second-order valence-corrected chi connectivity index (χ2v) is 3.54. The van der Waals surface area contributed by atoms with E-state index in [0.29, 0.717) is 11.4 Å². The maximum Gasteiger partial charge on any atom is 0.250 e. The summed E-state index contributed by atoms with van der Waals surface area (Å²) >= 11 is 0. The fourth-order valence-corrected chi connectivity index (χ4v) is 1.69. The number of aliphatic hydroxyl groups is 2. The molecule has 0 saturated heterocycles. The van der Waals surface area contributed by atoms with Crippen molar-refractivity contribution in [1.29, 1.82) is 0 Å². The molecule has 0 heterocycles. The summed E-state index contributed by atoms with van der Waals surface area (Å²) in [6.07, 6.45) is 0. The summed E-state index contributed by atoms with van der Waals surface area (Å²) in [5, 5.41) is 17.9. The van der Waals surface area contributed by atoms with Crippen LogP contribution in [0.15, 0.2) is 18.2 Å². The van der Waals surface area contributed by atoms with E-state index in [0.717, 1.165) is 0 Å². The van der Waals surface area contributed by atoms with E-state index in [1.54, 1.807) is 23.1 Å². The van der Waals surface area contributed by atoms with Crippen LogP contribution in [0, 0.1) is 0 Å². The van der Waals surface area contributed by atoms with Crippen molar-refractivity contribution in [3.8, 4) is 0 Å². The third-order valence-electron chi connectivity index (χ3n) is 2.39. The highest BCUT2D eigenvalue weighted by molar-refractivity contribution is 6.01. The first-order valence-corrected chi connectivity index (χ1v) is 5.26. The Hall–Kier alpha value is -1.79. The molecule has 0 radical (unpaired) electrons. The van der Waals surface area contributed by atoms with E-state index in [-0.39, 0.29) is 31.9 Å². The molecule has 0 aliphatic rings. The van der Waals surface area contributed by atoms with Gasteiger partial charge in [0.1, 0.15) is 0 Å². The van der Waals surface area contributed by atoms with E-state index in [1.165, 1.54) is 0 Å². The molecule has 6 nitrogen and oxygen atoms in total. The predicted octanol–water partition coefficient (Wildman–Crippen LogP) is -0.841. The van der Waals surface area contributed by atoms with Crippen LogP contribution in [0.25, 0.3) is 0 Å². The van der Waals surface area contributed by atoms with Gasteiger partial charge in [-0.3, -0.25) is 4.79 Å². The number of benzene rings is 1. The van der Waals surface area contributed by atoms with Crippen molar-refractivity contribution in [2.24, 2.45) is 5.73 Å². The Labute approximate surface area is 99.4 Å². The number of nitrogen functional groups attached to an aromatic ring is 1. The number of amides is 1. The summed E-state index contributed by atoms with van der Waals surface area (Å²) in [5.74, 6) is -0.590. The maximum absolute atomic E-state index is 11.3. The standard InChI is InChI=1S/C11H17N3O3/c12-9-3-1-2-8(11(13)17)10(9)14(4-6-15)5-7-16/h1-3,15-16H,4-7,12H2,(H2,13,17). The summed E-state index contributed by atoms with van der Waals surface area (Å²) in [4.78, 5) is 12.9. The summed E-state index contributed by atoms with van der Waals surface area (Å²) < 4.78 is 0. The largest absolute Gasteiger partial charge is 0.397 e. The highest BCUT2D eigenvalue weighted by atomic mass is 16.3. The lowest BCUT2D eigenvalue weighted by Crippen LogP contribution is -2.32. The molecule has 1 rings (SSSR count). The molecule has 1 aromatic rings. The molecular formula is C11H17N3O3. The second-order valence-electron chi connectivity index (χ2n) is 3.54. The molecule has 0 saturated carbocycles. The zero-order valence-corrected chi connectivity index (χ0v) is 9.47. The minimum absolute atomic E-state index is 0.105. The molecule has 0 spiro atoms. The van der Waals surface area contributed by atoms with Crippen LogP contribution >= 0.6 is 0 Å². The molecule has 6 N–H and O–H groups in total. The Balaban J connectivity index is 3.19. The van der Waals surface area contributed by atoms with Crippen LogP contribution in [0.5, 0.6) is 0 Å². The zero-order chi connectivity index (χ0) is 12.8. The molecule has 0 unspecified atom stereocenters. The van der Waals surface area contributed by atoms with Gasteiger partial charge >= 0.3 is 0 Å². The van der Waals surface area contributed by atoms with Crippen LogP contribution in [-0.4, -0.2) is 42.4 Å². The number of hydrogen-bond acceptors (Lipinski definition) is 5. The molecule has 0 bridgehead atoms. The number of para-hydroxylation sites is 1. The fraction of sp³-hybridized carbons (Fsp3) is 0.364. The number of rotatable bonds is 6. The normalized spacial score (nSPS) is 10.2. The second kappa shape index (κ2) is 6.07. The predicted molar refractivity (Wildman–Crippen MR) is 65.8 cm³/mol. The molecular weight excluding hydrogens is 222 g/mol. The third kappa shape index (κ3) is 3.08. The van der Waals surface area contributed by atoms with Gasteiger partial charge in [0.05, 0.1) is 30.2 Å². The summed E-state index contributed by atoms with van der Waals surface area (Å²) in [7, 11) is 0. The van der Waals surface area contributed by atoms with Gasteiger partial charge in [0.2, 0.25) is 0 Å². The average Bonchev–Trinajstić information content (AvgIpc) is 2.28. The van der Waals surface area contributed by atoms with E-state index < -0.39 is 5.91 Å². The van der Waals surface area contributed by atoms with Gasteiger partial charge in [0.25, 0.3) is 5.91 Å². The van der Waals surface area contributed by atoms with E-state index in [9.17, 15) is 4.79 Å². The van der Waals surface area contributed by atoms with Crippen LogP contribution in [0.1, 0.15) is 10.4 Å². The van der Waals surface area contributed by atoms with Gasteiger partial charge in [0.15, 0.2) is 0 Å². The Morgan fingerprint density at radius 1 is 1.24 bits per heavy atom. The number of anilines is 2. The Morgan fingerprint density at radius 2 is 1.82 bits per heavy atom. The maximum atomic E-state index is 11.3. The highest BCUT2D eigenvalue weighted by Crippen LogP contribution is 2.27. The van der Waals surface area contributed by atoms with Gasteiger partial charge in [-0.2, -0.15) is 0 Å². The van der Waals surface area contributed by atoms with Crippen molar-refractivity contribution in [1.82, 2.24) is 0 Å². The third-order valence-corrected chi connectivity index (χ3v) is 2.39. The molecule has 0 atom stereocenters. The average molecular weight is 239 g/mol. The van der Waals surface area contributed by atoms with Gasteiger partial charge < -0.3 is 26.6 Å². The number of aliphatic hydroxyl groups excluding tert-OH is 2. The Morgan fingerprint density at radius 3 is 2.29 bits per heavy atom. The van der Waals surface area contributed by atoms with Gasteiger partial charge in [-0.25, -0.2) is 0 Å². The van der Waals surface area contributed by atoms with Crippen LogP contribution in [-0.2, 0) is 0 Å². The van der Waals surface area contributed by atoms with E-state index in [2.05, 4.69) is 0 Å². The minimum atomic E-state index is -0.590. The molecule has 0 fully saturated rings. The number of carbonyl (C=O) groups is 1. The van der Waals surface area contributed by atoms with Crippen LogP contribution in [0.4, 0.5) is 11.4 Å². The zero-order valence-electron chi connectivity index (χ0n) is 9.47.